The number of hydrogen-bond donors (Lipinski definition) is 1. The Kier molecular flexibility index (Phi) is 5.76. The number of fused-ring (bicyclic) bond motifs is 1. The van der Waals surface area contributed by atoms with Crippen LogP contribution in [0.3, 0.4) is 0 Å². The minimum atomic E-state index is -0.603. The maximum Gasteiger partial charge on any atom is 0.135 e. The number of aryl methyl sites for hydroxylation is 1. The molecule has 0 spiro atoms. The molecule has 3 aromatic heterocycles. The van der Waals surface area contributed by atoms with Gasteiger partial charge < -0.3 is 9.80 Å². The summed E-state index contributed by atoms with van der Waals surface area (Å²) >= 11 is 0. The van der Waals surface area contributed by atoms with E-state index < -0.39 is 11.6 Å². The van der Waals surface area contributed by atoms with Crippen LogP contribution >= 0.6 is 0 Å². The van der Waals surface area contributed by atoms with Crippen molar-refractivity contribution in [3.8, 4) is 22.5 Å². The molecule has 0 bridgehead atoms. The highest BCUT2D eigenvalue weighted by Gasteiger charge is 2.19. The number of benzene rings is 1. The first-order valence-electron chi connectivity index (χ1n) is 11.2. The zero-order valence-electron chi connectivity index (χ0n) is 18.8. The van der Waals surface area contributed by atoms with Gasteiger partial charge in [0.1, 0.15) is 17.3 Å². The van der Waals surface area contributed by atoms with Gasteiger partial charge in [0.25, 0.3) is 0 Å². The maximum atomic E-state index is 14.8. The molecule has 5 rings (SSSR count). The molecular weight excluding hydrogens is 422 g/mol. The number of aromatic nitrogens is 4. The Bertz CT molecular complexity index is 1270. The lowest BCUT2D eigenvalue weighted by molar-refractivity contribution is 0.313. The van der Waals surface area contributed by atoms with Gasteiger partial charge in [0.05, 0.1) is 34.9 Å². The Hall–Kier alpha value is -3.39. The Morgan fingerprint density at radius 3 is 2.45 bits per heavy atom. The van der Waals surface area contributed by atoms with Gasteiger partial charge in [0.2, 0.25) is 0 Å². The first kappa shape index (κ1) is 21.5. The Balaban J connectivity index is 1.53. The molecule has 1 aromatic carbocycles. The fraction of sp³-hybridized carbons (Fsp3) is 0.320. The number of pyridine rings is 2. The minimum absolute atomic E-state index is 0.117. The molecule has 1 aliphatic rings. The third kappa shape index (κ3) is 4.18. The molecule has 1 saturated heterocycles. The van der Waals surface area contributed by atoms with Crippen LogP contribution in [0.15, 0.2) is 42.9 Å². The standard InChI is InChI=1S/C25H26F2N6/c1-3-4-16-9-20(26)24(21(27)10-16)22-12-19-23(15-29-22)30-31-25(19)17-11-18(14-28-13-17)33-7-5-32(2)6-8-33/h9-15H,3-8H2,1-2H3,(H,30,31). The van der Waals surface area contributed by atoms with Gasteiger partial charge >= 0.3 is 0 Å². The number of halogens is 2. The number of likely N-dealkylation sites (N-methyl/N-ethyl adjacent to an activating group) is 1. The van der Waals surface area contributed by atoms with Gasteiger partial charge in [-0.2, -0.15) is 5.10 Å². The average Bonchev–Trinajstić information content (AvgIpc) is 3.23. The summed E-state index contributed by atoms with van der Waals surface area (Å²) in [6.45, 7) is 5.85. The SMILES string of the molecule is CCCc1cc(F)c(-c2cc3c(-c4cncc(N5CCN(C)CC5)c4)n[nH]c3cn2)c(F)c1. The molecule has 0 aliphatic carbocycles. The molecule has 1 aliphatic heterocycles. The summed E-state index contributed by atoms with van der Waals surface area (Å²) in [5, 5.41) is 8.18. The lowest BCUT2D eigenvalue weighted by Gasteiger charge is -2.33. The molecule has 0 atom stereocenters. The number of H-pyrrole nitrogens is 1. The van der Waals surface area contributed by atoms with Gasteiger partial charge in [-0.25, -0.2) is 8.78 Å². The lowest BCUT2D eigenvalue weighted by atomic mass is 10.0. The molecule has 6 nitrogen and oxygen atoms in total. The van der Waals surface area contributed by atoms with Crippen LogP contribution in [0, 0.1) is 11.6 Å². The van der Waals surface area contributed by atoms with E-state index in [1.54, 1.807) is 18.5 Å². The summed E-state index contributed by atoms with van der Waals surface area (Å²) in [4.78, 5) is 13.3. The second kappa shape index (κ2) is 8.86. The largest absolute Gasteiger partial charge is 0.368 e. The molecule has 4 heterocycles. The van der Waals surface area contributed by atoms with Crippen molar-refractivity contribution in [3.63, 3.8) is 0 Å². The van der Waals surface area contributed by atoms with Gasteiger partial charge in [-0.15, -0.1) is 0 Å². The van der Waals surface area contributed by atoms with Gasteiger partial charge in [-0.1, -0.05) is 13.3 Å². The van der Waals surface area contributed by atoms with Gasteiger partial charge in [0, 0.05) is 43.3 Å². The first-order valence-corrected chi connectivity index (χ1v) is 11.2. The average molecular weight is 449 g/mol. The molecule has 4 aromatic rings. The second-order valence-corrected chi connectivity index (χ2v) is 8.59. The number of nitrogens with one attached hydrogen (secondary N) is 1. The van der Waals surface area contributed by atoms with E-state index in [0.29, 0.717) is 23.2 Å². The van der Waals surface area contributed by atoms with E-state index in [9.17, 15) is 8.78 Å². The molecule has 0 saturated carbocycles. The van der Waals surface area contributed by atoms with Crippen molar-refractivity contribution in [2.75, 3.05) is 38.1 Å². The first-order chi connectivity index (χ1) is 16.0. The van der Waals surface area contributed by atoms with Crippen molar-refractivity contribution in [2.45, 2.75) is 19.8 Å². The van der Waals surface area contributed by atoms with Crippen molar-refractivity contribution < 1.29 is 8.78 Å². The molecule has 0 amide bonds. The predicted octanol–water partition coefficient (Wildman–Crippen LogP) is 4.67. The summed E-state index contributed by atoms with van der Waals surface area (Å²) < 4.78 is 29.7. The topological polar surface area (TPSA) is 60.9 Å². The summed E-state index contributed by atoms with van der Waals surface area (Å²) in [7, 11) is 2.12. The molecule has 0 radical (unpaired) electrons. The number of aromatic amines is 1. The van der Waals surface area contributed by atoms with Crippen LogP contribution in [-0.2, 0) is 6.42 Å². The third-order valence-corrected chi connectivity index (χ3v) is 6.21. The number of nitrogens with zero attached hydrogens (tertiary/aromatic N) is 5. The van der Waals surface area contributed by atoms with Crippen LogP contribution in [0.1, 0.15) is 18.9 Å². The van der Waals surface area contributed by atoms with E-state index in [0.717, 1.165) is 49.2 Å². The van der Waals surface area contributed by atoms with Crippen molar-refractivity contribution >= 4 is 16.6 Å². The third-order valence-electron chi connectivity index (χ3n) is 6.21. The van der Waals surface area contributed by atoms with Crippen LogP contribution in [0.4, 0.5) is 14.5 Å². The zero-order valence-corrected chi connectivity index (χ0v) is 18.8. The Morgan fingerprint density at radius 1 is 0.970 bits per heavy atom. The van der Waals surface area contributed by atoms with Crippen molar-refractivity contribution in [2.24, 2.45) is 0 Å². The molecule has 1 N–H and O–H groups in total. The maximum absolute atomic E-state index is 14.8. The molecule has 0 unspecified atom stereocenters. The molecule has 8 heteroatoms. The zero-order chi connectivity index (χ0) is 22.9. The Morgan fingerprint density at radius 2 is 1.73 bits per heavy atom. The highest BCUT2D eigenvalue weighted by molar-refractivity contribution is 5.94. The van der Waals surface area contributed by atoms with E-state index >= 15 is 0 Å². The number of piperazine rings is 1. The van der Waals surface area contributed by atoms with E-state index in [2.05, 4.69) is 43.1 Å². The van der Waals surface area contributed by atoms with E-state index in [-0.39, 0.29) is 11.3 Å². The summed E-state index contributed by atoms with van der Waals surface area (Å²) in [6.07, 6.45) is 6.64. The molecule has 1 fully saturated rings. The minimum Gasteiger partial charge on any atom is -0.368 e. The van der Waals surface area contributed by atoms with Crippen LogP contribution in [-0.4, -0.2) is 58.3 Å². The summed E-state index contributed by atoms with van der Waals surface area (Å²) in [5.41, 5.74) is 4.03. The van der Waals surface area contributed by atoms with Crippen LogP contribution in [0.5, 0.6) is 0 Å². The van der Waals surface area contributed by atoms with Gasteiger partial charge in [-0.05, 0) is 43.3 Å². The van der Waals surface area contributed by atoms with E-state index in [1.807, 2.05) is 13.1 Å². The predicted molar refractivity (Wildman–Crippen MR) is 126 cm³/mol. The number of hydrogen-bond acceptors (Lipinski definition) is 5. The normalized spacial score (nSPS) is 14.8. The Labute approximate surface area is 191 Å². The summed E-state index contributed by atoms with van der Waals surface area (Å²) in [6, 6.07) is 6.55. The molecular formula is C25H26F2N6. The molecule has 170 valence electrons. The number of rotatable bonds is 5. The van der Waals surface area contributed by atoms with E-state index in [4.69, 9.17) is 0 Å². The van der Waals surface area contributed by atoms with E-state index in [1.165, 1.54) is 12.1 Å². The van der Waals surface area contributed by atoms with Crippen LogP contribution < -0.4 is 4.90 Å². The smallest absolute Gasteiger partial charge is 0.135 e. The quantitative estimate of drug-likeness (QED) is 0.481. The highest BCUT2D eigenvalue weighted by Crippen LogP contribution is 2.33. The summed E-state index contributed by atoms with van der Waals surface area (Å²) in [5.74, 6) is -1.21. The van der Waals surface area contributed by atoms with Crippen LogP contribution in [0.2, 0.25) is 0 Å². The second-order valence-electron chi connectivity index (χ2n) is 8.59. The van der Waals surface area contributed by atoms with Crippen molar-refractivity contribution in [1.29, 1.82) is 0 Å². The van der Waals surface area contributed by atoms with Gasteiger partial charge in [0.15, 0.2) is 0 Å². The molecule has 33 heavy (non-hydrogen) atoms. The van der Waals surface area contributed by atoms with Crippen molar-refractivity contribution in [1.82, 2.24) is 25.1 Å². The van der Waals surface area contributed by atoms with Crippen LogP contribution in [0.25, 0.3) is 33.4 Å². The number of anilines is 1. The van der Waals surface area contributed by atoms with Gasteiger partial charge in [-0.3, -0.25) is 15.1 Å². The lowest BCUT2D eigenvalue weighted by Crippen LogP contribution is -2.44. The fourth-order valence-electron chi connectivity index (χ4n) is 4.37. The van der Waals surface area contributed by atoms with Crippen molar-refractivity contribution in [3.05, 3.63) is 60.1 Å². The highest BCUT2D eigenvalue weighted by atomic mass is 19.1. The fourth-order valence-corrected chi connectivity index (χ4v) is 4.37. The monoisotopic (exact) mass is 448 g/mol.